The molecule has 0 saturated carbocycles. The Hall–Kier alpha value is -6.21. The predicted octanol–water partition coefficient (Wildman–Crippen LogP) is 8.81. The summed E-state index contributed by atoms with van der Waals surface area (Å²) in [5.74, 6) is 9.01. The fourth-order valence-electron chi connectivity index (χ4n) is 5.00. The Labute approximate surface area is 346 Å². The quantitative estimate of drug-likeness (QED) is 0.0396. The molecular formula is C46H51ClN4O7. The van der Waals surface area contributed by atoms with Crippen molar-refractivity contribution in [3.8, 4) is 34.5 Å². The van der Waals surface area contributed by atoms with Crippen LogP contribution in [0.1, 0.15) is 38.2 Å². The summed E-state index contributed by atoms with van der Waals surface area (Å²) in [6.45, 7) is 5.78. The SMILES string of the molecule is COc1ccc(Oc2ccc(/C(=N\OCCN)c3ccc(C)cc3)cc2)cc1.COc1ccc(Oc2ccc(C(=O)c3ccc(C)cc3)cc2)cc1.Cl.NCCON. The Morgan fingerprint density at radius 2 is 0.793 bits per heavy atom. The minimum absolute atomic E-state index is 0. The molecular weight excluding hydrogens is 756 g/mol. The standard InChI is InChI=1S/C23H24N2O3.C21H18O3.C2H8N2O.ClH/c1-17-3-5-18(6-4-17)23(25-27-16-15-24)19-7-9-21(10-8-19)28-22-13-11-20(26-2)12-14-22;1-15-3-5-16(6-4-15)21(22)17-7-9-19(10-8-17)24-20-13-11-18(23-2)12-14-20;3-1-2-5-4;/h3-14H,15-16,24H2,1-2H3;3-14H,1-2H3;1-4H2;1H/b25-23-;;;. The largest absolute Gasteiger partial charge is 0.497 e. The molecule has 0 aliphatic rings. The minimum atomic E-state index is 0. The molecule has 0 aromatic heterocycles. The third-order valence-electron chi connectivity index (χ3n) is 8.07. The molecule has 0 radical (unpaired) electrons. The second-order valence-electron chi connectivity index (χ2n) is 12.4. The van der Waals surface area contributed by atoms with E-state index in [1.165, 1.54) is 5.56 Å². The highest BCUT2D eigenvalue weighted by Gasteiger charge is 2.11. The highest BCUT2D eigenvalue weighted by molar-refractivity contribution is 6.12. The molecule has 0 unspecified atom stereocenters. The second-order valence-corrected chi connectivity index (χ2v) is 12.4. The first-order chi connectivity index (χ1) is 27.8. The Balaban J connectivity index is 0.000000276. The summed E-state index contributed by atoms with van der Waals surface area (Å²) in [5.41, 5.74) is 16.8. The summed E-state index contributed by atoms with van der Waals surface area (Å²) in [5, 5.41) is 4.30. The number of rotatable bonds is 15. The monoisotopic (exact) mass is 806 g/mol. The van der Waals surface area contributed by atoms with Crippen LogP contribution in [0.5, 0.6) is 34.5 Å². The first-order valence-electron chi connectivity index (χ1n) is 18.2. The van der Waals surface area contributed by atoms with Crippen LogP contribution < -0.4 is 36.3 Å². The van der Waals surface area contributed by atoms with E-state index in [-0.39, 0.29) is 18.2 Å². The van der Waals surface area contributed by atoms with Crippen LogP contribution in [-0.2, 0) is 9.68 Å². The normalized spacial score (nSPS) is 10.4. The molecule has 0 bridgehead atoms. The lowest BCUT2D eigenvalue weighted by Gasteiger charge is -2.10. The van der Waals surface area contributed by atoms with E-state index < -0.39 is 0 Å². The van der Waals surface area contributed by atoms with Gasteiger partial charge in [0.25, 0.3) is 0 Å². The summed E-state index contributed by atoms with van der Waals surface area (Å²) in [4.78, 5) is 21.9. The molecule has 12 heteroatoms. The summed E-state index contributed by atoms with van der Waals surface area (Å²) in [7, 11) is 3.26. The molecule has 6 aromatic rings. The number of hydrogen-bond acceptors (Lipinski definition) is 11. The van der Waals surface area contributed by atoms with Crippen molar-refractivity contribution >= 4 is 23.9 Å². The molecule has 58 heavy (non-hydrogen) atoms. The van der Waals surface area contributed by atoms with Gasteiger partial charge in [0.2, 0.25) is 0 Å². The highest BCUT2D eigenvalue weighted by atomic mass is 35.5. The minimum Gasteiger partial charge on any atom is -0.497 e. The second kappa shape index (κ2) is 25.1. The average Bonchev–Trinajstić information content (AvgIpc) is 3.25. The number of nitrogens with zero attached hydrogens (tertiary/aromatic N) is 1. The van der Waals surface area contributed by atoms with Crippen molar-refractivity contribution in [1.82, 2.24) is 0 Å². The van der Waals surface area contributed by atoms with Gasteiger partial charge in [0, 0.05) is 35.3 Å². The van der Waals surface area contributed by atoms with Crippen molar-refractivity contribution in [3.05, 3.63) is 179 Å². The number of carbonyl (C=O) groups is 1. The van der Waals surface area contributed by atoms with Crippen molar-refractivity contribution in [1.29, 1.82) is 0 Å². The first kappa shape index (κ1) is 46.2. The number of benzene rings is 6. The molecule has 6 N–H and O–H groups in total. The van der Waals surface area contributed by atoms with Crippen molar-refractivity contribution in [2.24, 2.45) is 22.5 Å². The van der Waals surface area contributed by atoms with Crippen LogP contribution in [0.15, 0.2) is 151 Å². The number of aryl methyl sites for hydroxylation is 2. The van der Waals surface area contributed by atoms with Gasteiger partial charge in [-0.2, -0.15) is 0 Å². The maximum atomic E-state index is 12.4. The summed E-state index contributed by atoms with van der Waals surface area (Å²) < 4.78 is 21.9. The van der Waals surface area contributed by atoms with Crippen LogP contribution in [0.3, 0.4) is 0 Å². The Morgan fingerprint density at radius 3 is 1.12 bits per heavy atom. The van der Waals surface area contributed by atoms with Crippen molar-refractivity contribution < 1.29 is 33.4 Å². The lowest BCUT2D eigenvalue weighted by Crippen LogP contribution is -2.11. The molecule has 0 aliphatic heterocycles. The molecule has 0 spiro atoms. The fraction of sp³-hybridized carbons (Fsp3) is 0.174. The lowest BCUT2D eigenvalue weighted by atomic mass is 10.0. The smallest absolute Gasteiger partial charge is 0.193 e. The zero-order valence-electron chi connectivity index (χ0n) is 33.1. The van der Waals surface area contributed by atoms with Gasteiger partial charge in [0.15, 0.2) is 5.78 Å². The van der Waals surface area contributed by atoms with E-state index in [0.717, 1.165) is 45.4 Å². The third-order valence-corrected chi connectivity index (χ3v) is 8.07. The van der Waals surface area contributed by atoms with Gasteiger partial charge in [-0.15, -0.1) is 12.4 Å². The van der Waals surface area contributed by atoms with E-state index in [1.807, 2.05) is 116 Å². The summed E-state index contributed by atoms with van der Waals surface area (Å²) in [6.07, 6.45) is 0. The van der Waals surface area contributed by atoms with Crippen LogP contribution in [0.25, 0.3) is 0 Å². The van der Waals surface area contributed by atoms with Crippen LogP contribution in [-0.4, -0.2) is 52.0 Å². The fourth-order valence-corrected chi connectivity index (χ4v) is 5.00. The van der Waals surface area contributed by atoms with Gasteiger partial charge in [-0.25, -0.2) is 5.90 Å². The maximum absolute atomic E-state index is 12.4. The lowest BCUT2D eigenvalue weighted by molar-refractivity contribution is 0.103. The van der Waals surface area contributed by atoms with Crippen molar-refractivity contribution in [2.75, 3.05) is 40.5 Å². The highest BCUT2D eigenvalue weighted by Crippen LogP contribution is 2.26. The molecule has 6 rings (SSSR count). The molecule has 0 fully saturated rings. The number of carbonyl (C=O) groups excluding carboxylic acids is 1. The molecule has 0 heterocycles. The number of methoxy groups -OCH3 is 2. The van der Waals surface area contributed by atoms with Crippen molar-refractivity contribution in [2.45, 2.75) is 13.8 Å². The zero-order valence-corrected chi connectivity index (χ0v) is 33.9. The molecule has 304 valence electrons. The van der Waals surface area contributed by atoms with Crippen LogP contribution in [0.2, 0.25) is 0 Å². The molecule has 6 aromatic carbocycles. The topological polar surface area (TPSA) is 163 Å². The Morgan fingerprint density at radius 1 is 0.483 bits per heavy atom. The maximum Gasteiger partial charge on any atom is 0.193 e. The van der Waals surface area contributed by atoms with Gasteiger partial charge in [0.05, 0.1) is 20.8 Å². The predicted molar refractivity (Wildman–Crippen MR) is 232 cm³/mol. The number of ether oxygens (including phenoxy) is 4. The average molecular weight is 807 g/mol. The van der Waals surface area contributed by atoms with Crippen molar-refractivity contribution in [3.63, 3.8) is 0 Å². The van der Waals surface area contributed by atoms with Gasteiger partial charge in [0.1, 0.15) is 46.8 Å². The first-order valence-corrected chi connectivity index (χ1v) is 18.2. The van der Waals surface area contributed by atoms with E-state index >= 15 is 0 Å². The number of nitrogens with two attached hydrogens (primary N) is 3. The van der Waals surface area contributed by atoms with Gasteiger partial charge in [-0.3, -0.25) is 4.79 Å². The van der Waals surface area contributed by atoms with E-state index in [2.05, 4.69) is 34.9 Å². The Bertz CT molecular complexity index is 2090. The van der Waals surface area contributed by atoms with E-state index in [0.29, 0.717) is 48.9 Å². The van der Waals surface area contributed by atoms with E-state index in [4.69, 9.17) is 35.3 Å². The van der Waals surface area contributed by atoms with Gasteiger partial charge in [-0.05, 0) is 111 Å². The van der Waals surface area contributed by atoms with E-state index in [9.17, 15) is 4.79 Å². The molecule has 0 saturated heterocycles. The van der Waals surface area contributed by atoms with Gasteiger partial charge in [-0.1, -0.05) is 64.8 Å². The Kier molecular flexibility index (Phi) is 20.0. The summed E-state index contributed by atoms with van der Waals surface area (Å²) in [6, 6.07) is 45.4. The zero-order chi connectivity index (χ0) is 40.8. The summed E-state index contributed by atoms with van der Waals surface area (Å²) >= 11 is 0. The van der Waals surface area contributed by atoms with Gasteiger partial charge < -0.3 is 40.1 Å². The van der Waals surface area contributed by atoms with E-state index in [1.54, 1.807) is 38.5 Å². The molecule has 11 nitrogen and oxygen atoms in total. The number of oxime groups is 1. The molecule has 0 atom stereocenters. The van der Waals surface area contributed by atoms with Crippen LogP contribution >= 0.6 is 12.4 Å². The molecule has 0 aliphatic carbocycles. The van der Waals surface area contributed by atoms with Crippen LogP contribution in [0.4, 0.5) is 0 Å². The number of ketones is 1. The number of halogens is 1. The molecule has 0 amide bonds. The third kappa shape index (κ3) is 15.0. The number of hydrogen-bond donors (Lipinski definition) is 3. The van der Waals surface area contributed by atoms with Crippen LogP contribution in [0, 0.1) is 13.8 Å². The van der Waals surface area contributed by atoms with Gasteiger partial charge >= 0.3 is 0 Å².